The van der Waals surface area contributed by atoms with Gasteiger partial charge in [-0.05, 0) is 91.9 Å². The SMILES string of the molecule is C.C#CC(=O)O.COC(=O)c1cccc(-n2ccnn2)c1C.COC(=O)c1cccc(N)c1C.COC(=O)c1cccc(N=[N+]=[N-])c1C.Cc1c(C=O)cccc1-n1ccnn1. The van der Waals surface area contributed by atoms with Crippen LogP contribution >= 0.6 is 0 Å². The zero-order chi connectivity index (χ0) is 45.5. The summed E-state index contributed by atoms with van der Waals surface area (Å²) in [7, 11) is 4.02. The van der Waals surface area contributed by atoms with Crippen LogP contribution in [0.15, 0.2) is 103 Å². The quantitative estimate of drug-likeness (QED) is 0.0236. The van der Waals surface area contributed by atoms with Crippen molar-refractivity contribution in [3.05, 3.63) is 153 Å². The average Bonchev–Trinajstić information content (AvgIpc) is 4.02. The number of esters is 3. The van der Waals surface area contributed by atoms with Gasteiger partial charge in [-0.2, -0.15) is 0 Å². The number of benzene rings is 4. The van der Waals surface area contributed by atoms with E-state index in [1.54, 1.807) is 103 Å². The second-order valence-corrected chi connectivity index (χ2v) is 11.8. The van der Waals surface area contributed by atoms with E-state index in [0.717, 1.165) is 34.4 Å². The summed E-state index contributed by atoms with van der Waals surface area (Å²) in [5, 5.41) is 26.2. The molecule has 0 amide bonds. The number of hydrogen-bond donors (Lipinski definition) is 2. The number of azide groups is 1. The molecule has 3 N–H and O–H groups in total. The Kier molecular flexibility index (Phi) is 21.9. The minimum absolute atomic E-state index is 0. The van der Waals surface area contributed by atoms with Crippen molar-refractivity contribution in [2.45, 2.75) is 35.1 Å². The molecule has 0 aliphatic rings. The van der Waals surface area contributed by atoms with Gasteiger partial charge in [0.1, 0.15) is 6.29 Å². The van der Waals surface area contributed by atoms with Gasteiger partial charge >= 0.3 is 23.9 Å². The van der Waals surface area contributed by atoms with Crippen molar-refractivity contribution >= 4 is 41.5 Å². The molecule has 6 aromatic rings. The minimum atomic E-state index is -1.22. The molecule has 19 nitrogen and oxygen atoms in total. The number of anilines is 1. The van der Waals surface area contributed by atoms with Crippen LogP contribution in [0.3, 0.4) is 0 Å². The number of nitrogens with two attached hydrogens (primary N) is 1. The second-order valence-electron chi connectivity index (χ2n) is 11.8. The van der Waals surface area contributed by atoms with E-state index in [-0.39, 0.29) is 19.4 Å². The molecule has 0 saturated heterocycles. The van der Waals surface area contributed by atoms with E-state index >= 15 is 0 Å². The summed E-state index contributed by atoms with van der Waals surface area (Å²) in [6.45, 7) is 7.24. The van der Waals surface area contributed by atoms with Gasteiger partial charge in [0.15, 0.2) is 0 Å². The van der Waals surface area contributed by atoms with Gasteiger partial charge in [0.2, 0.25) is 0 Å². The van der Waals surface area contributed by atoms with E-state index in [1.165, 1.54) is 27.2 Å². The normalized spacial score (nSPS) is 9.19. The number of hydrogen-bond acceptors (Lipinski definition) is 14. The number of aliphatic carboxylic acids is 1. The molecule has 0 unspecified atom stereocenters. The molecule has 19 heteroatoms. The summed E-state index contributed by atoms with van der Waals surface area (Å²) in [5.41, 5.74) is 21.9. The Bertz CT molecular complexity index is 2530. The van der Waals surface area contributed by atoms with Gasteiger partial charge in [-0.1, -0.05) is 59.4 Å². The van der Waals surface area contributed by atoms with Gasteiger partial charge in [0.25, 0.3) is 0 Å². The third-order valence-corrected chi connectivity index (χ3v) is 8.29. The van der Waals surface area contributed by atoms with Crippen molar-refractivity contribution < 1.29 is 43.3 Å². The van der Waals surface area contributed by atoms with E-state index in [9.17, 15) is 19.2 Å². The molecule has 0 radical (unpaired) electrons. The largest absolute Gasteiger partial charge is 0.472 e. The average molecular weight is 847 g/mol. The number of aldehydes is 1. The van der Waals surface area contributed by atoms with Gasteiger partial charge in [-0.15, -0.1) is 16.6 Å². The molecular formula is C43H46N10O9. The Hall–Kier alpha value is -8.62. The zero-order valence-corrected chi connectivity index (χ0v) is 34.2. The Labute approximate surface area is 357 Å². The van der Waals surface area contributed by atoms with Crippen LogP contribution < -0.4 is 5.73 Å². The van der Waals surface area contributed by atoms with Crippen molar-refractivity contribution in [1.29, 1.82) is 0 Å². The monoisotopic (exact) mass is 846 g/mol. The van der Waals surface area contributed by atoms with Crippen LogP contribution in [0.1, 0.15) is 71.1 Å². The highest BCUT2D eigenvalue weighted by molar-refractivity contribution is 5.93. The number of nitrogens with zero attached hydrogens (tertiary/aromatic N) is 9. The van der Waals surface area contributed by atoms with Crippen LogP contribution in [0.2, 0.25) is 0 Å². The van der Waals surface area contributed by atoms with Crippen molar-refractivity contribution in [3.63, 3.8) is 0 Å². The van der Waals surface area contributed by atoms with Crippen LogP contribution in [0, 0.1) is 40.0 Å². The summed E-state index contributed by atoms with van der Waals surface area (Å²) < 4.78 is 17.1. The number of ether oxygens (including phenoxy) is 3. The molecule has 4 aromatic carbocycles. The van der Waals surface area contributed by atoms with Crippen molar-refractivity contribution in [2.75, 3.05) is 27.1 Å². The fourth-order valence-electron chi connectivity index (χ4n) is 4.99. The molecule has 0 fully saturated rings. The fraction of sp³-hybridized carbons (Fsp3) is 0.186. The molecule has 6 rings (SSSR count). The van der Waals surface area contributed by atoms with Crippen LogP contribution in [0.4, 0.5) is 11.4 Å². The number of methoxy groups -OCH3 is 3. The third kappa shape index (κ3) is 14.6. The summed E-state index contributed by atoms with van der Waals surface area (Å²) in [4.78, 5) is 56.3. The molecule has 0 aliphatic carbocycles. The molecular weight excluding hydrogens is 801 g/mol. The number of rotatable bonds is 7. The highest BCUT2D eigenvalue weighted by atomic mass is 16.5. The molecule has 0 bridgehead atoms. The molecule has 0 saturated carbocycles. The topological polar surface area (TPSA) is 269 Å². The van der Waals surface area contributed by atoms with Gasteiger partial charge in [0.05, 0.1) is 74.2 Å². The maximum Gasteiger partial charge on any atom is 0.381 e. The first-order chi connectivity index (χ1) is 29.2. The van der Waals surface area contributed by atoms with E-state index in [0.29, 0.717) is 39.2 Å². The molecule has 2 heterocycles. The van der Waals surface area contributed by atoms with Gasteiger partial charge in [-0.25, -0.2) is 28.5 Å². The molecule has 0 atom stereocenters. The summed E-state index contributed by atoms with van der Waals surface area (Å²) in [6, 6.07) is 21.0. The van der Waals surface area contributed by atoms with Gasteiger partial charge in [-0.3, -0.25) is 4.79 Å². The number of nitrogen functional groups attached to an aromatic ring is 1. The van der Waals surface area contributed by atoms with E-state index in [2.05, 4.69) is 46.5 Å². The molecule has 2 aromatic heterocycles. The lowest BCUT2D eigenvalue weighted by Gasteiger charge is -2.08. The predicted molar refractivity (Wildman–Crippen MR) is 230 cm³/mol. The molecule has 322 valence electrons. The van der Waals surface area contributed by atoms with Crippen molar-refractivity contribution in [3.8, 4) is 23.7 Å². The number of carbonyl (C=O) groups excluding carboxylic acids is 4. The number of terminal acetylenes is 1. The Morgan fingerprint density at radius 2 is 1.15 bits per heavy atom. The number of carboxylic acid groups (broad SMARTS) is 1. The Morgan fingerprint density at radius 1 is 0.726 bits per heavy atom. The number of carbonyl (C=O) groups is 5. The first-order valence-corrected chi connectivity index (χ1v) is 17.5. The number of carboxylic acids is 1. The highest BCUT2D eigenvalue weighted by Gasteiger charge is 2.13. The first-order valence-electron chi connectivity index (χ1n) is 17.5. The van der Waals surface area contributed by atoms with Gasteiger partial charge < -0.3 is 25.1 Å². The van der Waals surface area contributed by atoms with Crippen molar-refractivity contribution in [2.24, 2.45) is 5.11 Å². The lowest BCUT2D eigenvalue weighted by Crippen LogP contribution is -2.07. The maximum absolute atomic E-state index is 11.5. The molecule has 0 aliphatic heterocycles. The second kappa shape index (κ2) is 26.4. The molecule has 62 heavy (non-hydrogen) atoms. The lowest BCUT2D eigenvalue weighted by atomic mass is 10.1. The Morgan fingerprint density at radius 3 is 1.56 bits per heavy atom. The van der Waals surface area contributed by atoms with E-state index < -0.39 is 11.9 Å². The summed E-state index contributed by atoms with van der Waals surface area (Å²) in [5.74, 6) is -0.901. The van der Waals surface area contributed by atoms with E-state index in [1.807, 2.05) is 32.0 Å². The lowest BCUT2D eigenvalue weighted by molar-refractivity contribution is -0.130. The van der Waals surface area contributed by atoms with Gasteiger partial charge in [0, 0.05) is 27.8 Å². The summed E-state index contributed by atoms with van der Waals surface area (Å²) in [6.07, 6.45) is 11.8. The smallest absolute Gasteiger partial charge is 0.381 e. The van der Waals surface area contributed by atoms with E-state index in [4.69, 9.17) is 25.9 Å². The standard InChI is InChI=1S/C11H11N3O2.C10H9N3O.C9H9N3O2.C9H11NO2.C3H2O2.CH4/c1-8-9(11(15)16-2)4-3-5-10(8)14-7-6-12-13-14;1-8-9(7-14)3-2-4-10(8)13-6-5-11-12-13;1-6-7(9(13)14-2)4-3-5-8(6)11-12-10;1-6-7(9(11)12-2)4-3-5-8(6)10;1-2-3(4)5;/h3-7H,1-2H3;2-7H,1H3;3-5H,1-2H3;3-5H,10H2,1-2H3;1H,(H,4,5);1H4. The maximum atomic E-state index is 11.5. The van der Waals surface area contributed by atoms with Crippen molar-refractivity contribution in [1.82, 2.24) is 30.0 Å². The van der Waals surface area contributed by atoms with Crippen LogP contribution in [0.5, 0.6) is 0 Å². The Balaban J connectivity index is 0.000000398. The van der Waals surface area contributed by atoms with Crippen LogP contribution in [-0.4, -0.2) is 86.6 Å². The number of aromatic nitrogens is 6. The van der Waals surface area contributed by atoms with Crippen LogP contribution in [-0.2, 0) is 19.0 Å². The van der Waals surface area contributed by atoms with Crippen LogP contribution in [0.25, 0.3) is 21.8 Å². The highest BCUT2D eigenvalue weighted by Crippen LogP contribution is 2.23. The zero-order valence-electron chi connectivity index (χ0n) is 34.2. The first kappa shape index (κ1) is 51.4. The fourth-order valence-corrected chi connectivity index (χ4v) is 4.99. The third-order valence-electron chi connectivity index (χ3n) is 8.29. The predicted octanol–water partition coefficient (Wildman–Crippen LogP) is 7.18. The summed E-state index contributed by atoms with van der Waals surface area (Å²) >= 11 is 0. The minimum Gasteiger partial charge on any atom is -0.472 e. The molecule has 0 spiro atoms.